The molecule has 0 aliphatic carbocycles. The Balaban J connectivity index is 1.48. The molecule has 5 rings (SSSR count). The van der Waals surface area contributed by atoms with E-state index < -0.39 is 0 Å². The fourth-order valence-electron chi connectivity index (χ4n) is 4.42. The van der Waals surface area contributed by atoms with Gasteiger partial charge in [0.25, 0.3) is 5.56 Å². The fraction of sp³-hybridized carbons (Fsp3) is 0.417. The molecule has 0 radical (unpaired) electrons. The van der Waals surface area contributed by atoms with Gasteiger partial charge in [-0.2, -0.15) is 0 Å². The Labute approximate surface area is 192 Å². The van der Waals surface area contributed by atoms with E-state index in [0.29, 0.717) is 12.6 Å². The number of benzene rings is 1. The first kappa shape index (κ1) is 21.5. The number of ether oxygens (including phenoxy) is 1. The Hall–Kier alpha value is -3.30. The lowest BCUT2D eigenvalue weighted by Gasteiger charge is -2.37. The summed E-state index contributed by atoms with van der Waals surface area (Å²) < 4.78 is 5.67. The van der Waals surface area contributed by atoms with Gasteiger partial charge in [-0.15, -0.1) is 0 Å². The Bertz CT molecular complexity index is 1180. The van der Waals surface area contributed by atoms with Gasteiger partial charge in [0, 0.05) is 48.7 Å². The molecular weight excluding hydrogens is 418 g/mol. The molecule has 1 fully saturated rings. The zero-order valence-electron chi connectivity index (χ0n) is 19.0. The number of fused-ring (bicyclic) bond motifs is 1. The van der Waals surface area contributed by atoms with Crippen LogP contribution < -0.4 is 15.8 Å². The first-order chi connectivity index (χ1) is 16.1. The standard InChI is InChI=1S/C24H29N7O2/c1-3-30-11-9-19-20(14-30)27-22(29-23(19)31-12-13-33-15-16(31)2)17-4-6-18(7-5-17)26-24-25-10-8-21(32)28-24/h4-8,10,16H,3,9,11-15H2,1-2H3,(H2,25,26,28,32). The Morgan fingerprint density at radius 2 is 2.03 bits per heavy atom. The van der Waals surface area contributed by atoms with Crippen molar-refractivity contribution >= 4 is 17.5 Å². The van der Waals surface area contributed by atoms with Crippen LogP contribution in [0.5, 0.6) is 0 Å². The molecular formula is C24H29N7O2. The van der Waals surface area contributed by atoms with Crippen LogP contribution in [0.4, 0.5) is 17.5 Å². The molecule has 0 amide bonds. The van der Waals surface area contributed by atoms with E-state index in [2.05, 4.69) is 38.9 Å². The molecule has 1 aromatic carbocycles. The van der Waals surface area contributed by atoms with Crippen molar-refractivity contribution < 1.29 is 4.74 Å². The van der Waals surface area contributed by atoms with E-state index in [1.54, 1.807) is 0 Å². The van der Waals surface area contributed by atoms with Gasteiger partial charge in [-0.25, -0.2) is 15.0 Å². The van der Waals surface area contributed by atoms with Gasteiger partial charge < -0.3 is 15.0 Å². The van der Waals surface area contributed by atoms with Crippen molar-refractivity contribution in [1.82, 2.24) is 24.8 Å². The van der Waals surface area contributed by atoms with E-state index in [0.717, 1.165) is 67.8 Å². The highest BCUT2D eigenvalue weighted by Crippen LogP contribution is 2.31. The van der Waals surface area contributed by atoms with Gasteiger partial charge in [0.1, 0.15) is 5.82 Å². The monoisotopic (exact) mass is 447 g/mol. The van der Waals surface area contributed by atoms with Crippen molar-refractivity contribution in [2.24, 2.45) is 0 Å². The van der Waals surface area contributed by atoms with Crippen LogP contribution in [-0.2, 0) is 17.7 Å². The predicted octanol–water partition coefficient (Wildman–Crippen LogP) is 2.57. The molecule has 1 saturated heterocycles. The quantitative estimate of drug-likeness (QED) is 0.616. The molecule has 4 heterocycles. The summed E-state index contributed by atoms with van der Waals surface area (Å²) in [4.78, 5) is 33.2. The van der Waals surface area contributed by atoms with Crippen molar-refractivity contribution in [2.45, 2.75) is 32.9 Å². The summed E-state index contributed by atoms with van der Waals surface area (Å²) in [5, 5.41) is 3.12. The lowest BCUT2D eigenvalue weighted by atomic mass is 10.0. The molecule has 2 aliphatic heterocycles. The third-order valence-corrected chi connectivity index (χ3v) is 6.29. The lowest BCUT2D eigenvalue weighted by molar-refractivity contribution is 0.0983. The van der Waals surface area contributed by atoms with Crippen LogP contribution in [0.2, 0.25) is 0 Å². The van der Waals surface area contributed by atoms with Crippen LogP contribution in [0.3, 0.4) is 0 Å². The topological polar surface area (TPSA) is 99.3 Å². The second-order valence-corrected chi connectivity index (χ2v) is 8.52. The fourth-order valence-corrected chi connectivity index (χ4v) is 4.42. The molecule has 1 atom stereocenters. The van der Waals surface area contributed by atoms with E-state index in [9.17, 15) is 4.79 Å². The molecule has 2 aliphatic rings. The van der Waals surface area contributed by atoms with Gasteiger partial charge in [-0.1, -0.05) is 6.92 Å². The summed E-state index contributed by atoms with van der Waals surface area (Å²) in [5.74, 6) is 2.19. The van der Waals surface area contributed by atoms with E-state index in [1.165, 1.54) is 17.8 Å². The normalized spacial score (nSPS) is 18.7. The van der Waals surface area contributed by atoms with Crippen LogP contribution in [0, 0.1) is 0 Å². The van der Waals surface area contributed by atoms with Gasteiger partial charge in [0.05, 0.1) is 24.9 Å². The van der Waals surface area contributed by atoms with Crippen molar-refractivity contribution in [2.75, 3.05) is 43.1 Å². The second kappa shape index (κ2) is 9.29. The number of rotatable bonds is 5. The largest absolute Gasteiger partial charge is 0.377 e. The van der Waals surface area contributed by atoms with E-state index in [4.69, 9.17) is 14.7 Å². The molecule has 0 saturated carbocycles. The number of nitrogens with one attached hydrogen (secondary N) is 2. The highest BCUT2D eigenvalue weighted by Gasteiger charge is 2.28. The average Bonchev–Trinajstić information content (AvgIpc) is 2.84. The van der Waals surface area contributed by atoms with E-state index >= 15 is 0 Å². The maximum atomic E-state index is 11.5. The van der Waals surface area contributed by atoms with Crippen LogP contribution >= 0.6 is 0 Å². The summed E-state index contributed by atoms with van der Waals surface area (Å²) in [5.41, 5.74) is 3.97. The summed E-state index contributed by atoms with van der Waals surface area (Å²) in [7, 11) is 0. The van der Waals surface area contributed by atoms with Crippen molar-refractivity contribution in [3.8, 4) is 11.4 Å². The highest BCUT2D eigenvalue weighted by molar-refractivity contribution is 5.65. The Kier molecular flexibility index (Phi) is 6.06. The zero-order valence-corrected chi connectivity index (χ0v) is 19.0. The third kappa shape index (κ3) is 4.60. The number of hydrogen-bond acceptors (Lipinski definition) is 8. The summed E-state index contributed by atoms with van der Waals surface area (Å²) in [6.45, 7) is 9.55. The molecule has 33 heavy (non-hydrogen) atoms. The third-order valence-electron chi connectivity index (χ3n) is 6.29. The van der Waals surface area contributed by atoms with Crippen LogP contribution in [-0.4, -0.2) is 63.7 Å². The van der Waals surface area contributed by atoms with Crippen LogP contribution in [0.25, 0.3) is 11.4 Å². The summed E-state index contributed by atoms with van der Waals surface area (Å²) in [6, 6.07) is 9.55. The smallest absolute Gasteiger partial charge is 0.252 e. The van der Waals surface area contributed by atoms with Gasteiger partial charge in [0.2, 0.25) is 5.95 Å². The lowest BCUT2D eigenvalue weighted by Crippen LogP contribution is -2.45. The minimum atomic E-state index is -0.197. The molecule has 9 heteroatoms. The zero-order chi connectivity index (χ0) is 22.8. The van der Waals surface area contributed by atoms with Crippen molar-refractivity contribution in [3.63, 3.8) is 0 Å². The summed E-state index contributed by atoms with van der Waals surface area (Å²) in [6.07, 6.45) is 2.44. The summed E-state index contributed by atoms with van der Waals surface area (Å²) >= 11 is 0. The predicted molar refractivity (Wildman–Crippen MR) is 128 cm³/mol. The molecule has 1 unspecified atom stereocenters. The molecule has 172 valence electrons. The van der Waals surface area contributed by atoms with Crippen LogP contribution in [0.15, 0.2) is 41.3 Å². The second-order valence-electron chi connectivity index (χ2n) is 8.52. The average molecular weight is 448 g/mol. The number of morpholine rings is 1. The first-order valence-corrected chi connectivity index (χ1v) is 11.5. The molecule has 2 N–H and O–H groups in total. The van der Waals surface area contributed by atoms with Gasteiger partial charge in [0.15, 0.2) is 5.82 Å². The molecule has 0 spiro atoms. The SMILES string of the molecule is CCN1CCc2c(nc(-c3ccc(Nc4nccc(=O)[nH]4)cc3)nc2N2CCOCC2C)C1. The number of anilines is 3. The van der Waals surface area contributed by atoms with Crippen LogP contribution in [0.1, 0.15) is 25.1 Å². The number of aromatic nitrogens is 4. The molecule has 0 bridgehead atoms. The molecule has 3 aromatic rings. The minimum Gasteiger partial charge on any atom is -0.377 e. The molecule has 9 nitrogen and oxygen atoms in total. The van der Waals surface area contributed by atoms with Crippen molar-refractivity contribution in [3.05, 3.63) is 58.1 Å². The highest BCUT2D eigenvalue weighted by atomic mass is 16.5. The number of hydrogen-bond donors (Lipinski definition) is 2. The maximum absolute atomic E-state index is 11.5. The minimum absolute atomic E-state index is 0.197. The van der Waals surface area contributed by atoms with Gasteiger partial charge in [-0.05, 0) is 44.2 Å². The maximum Gasteiger partial charge on any atom is 0.252 e. The van der Waals surface area contributed by atoms with Gasteiger partial charge >= 0.3 is 0 Å². The number of likely N-dealkylation sites (N-methyl/N-ethyl adjacent to an activating group) is 1. The van der Waals surface area contributed by atoms with E-state index in [-0.39, 0.29) is 11.6 Å². The van der Waals surface area contributed by atoms with Gasteiger partial charge in [-0.3, -0.25) is 14.7 Å². The van der Waals surface area contributed by atoms with E-state index in [1.807, 2.05) is 24.3 Å². The number of H-pyrrole nitrogens is 1. The Morgan fingerprint density at radius 3 is 2.79 bits per heavy atom. The number of aromatic amines is 1. The Morgan fingerprint density at radius 1 is 1.18 bits per heavy atom. The number of nitrogens with zero attached hydrogens (tertiary/aromatic N) is 5. The first-order valence-electron chi connectivity index (χ1n) is 11.5. The molecule has 2 aromatic heterocycles. The van der Waals surface area contributed by atoms with Crippen molar-refractivity contribution in [1.29, 1.82) is 0 Å².